The van der Waals surface area contributed by atoms with E-state index in [-0.39, 0.29) is 11.8 Å². The van der Waals surface area contributed by atoms with E-state index in [2.05, 4.69) is 15.5 Å². The topological polar surface area (TPSA) is 44.4 Å². The lowest BCUT2D eigenvalue weighted by atomic mass is 10.1. The summed E-state index contributed by atoms with van der Waals surface area (Å²) < 4.78 is 12.9. The summed E-state index contributed by atoms with van der Waals surface area (Å²) >= 11 is 8.34. The van der Waals surface area contributed by atoms with Crippen LogP contribution in [-0.2, 0) is 6.42 Å². The molecule has 2 aromatic rings. The molecule has 1 saturated heterocycles. The van der Waals surface area contributed by atoms with Gasteiger partial charge in [0.15, 0.2) is 0 Å². The van der Waals surface area contributed by atoms with E-state index in [1.165, 1.54) is 12.1 Å². The first-order valence-electron chi connectivity index (χ1n) is 8.53. The zero-order chi connectivity index (χ0) is 18.4. The number of nitrogens with one attached hydrogen (secondary N) is 2. The molecule has 0 spiro atoms. The lowest BCUT2D eigenvalue weighted by Crippen LogP contribution is -2.32. The summed E-state index contributed by atoms with van der Waals surface area (Å²) in [5, 5.41) is 6.22. The van der Waals surface area contributed by atoms with Gasteiger partial charge in [-0.3, -0.25) is 0 Å². The fraction of sp³-hybridized carbons (Fsp3) is 0.316. The van der Waals surface area contributed by atoms with E-state index < -0.39 is 0 Å². The molecule has 0 atom stereocenters. The zero-order valence-corrected chi connectivity index (χ0v) is 15.9. The summed E-state index contributed by atoms with van der Waals surface area (Å²) in [7, 11) is 0. The van der Waals surface area contributed by atoms with Gasteiger partial charge in [-0.15, -0.1) is 0 Å². The second kappa shape index (κ2) is 9.14. The first kappa shape index (κ1) is 18.9. The van der Waals surface area contributed by atoms with Crippen molar-refractivity contribution >= 4 is 40.8 Å². The molecule has 2 N–H and O–H groups in total. The molecule has 1 fully saturated rings. The molecule has 0 aromatic heterocycles. The fourth-order valence-corrected chi connectivity index (χ4v) is 4.00. The van der Waals surface area contributed by atoms with Gasteiger partial charge >= 0.3 is 6.03 Å². The van der Waals surface area contributed by atoms with Crippen LogP contribution >= 0.6 is 23.4 Å². The molecule has 1 heterocycles. The van der Waals surface area contributed by atoms with Gasteiger partial charge in [-0.05, 0) is 42.3 Å². The summed E-state index contributed by atoms with van der Waals surface area (Å²) in [4.78, 5) is 14.3. The minimum atomic E-state index is -0.287. The van der Waals surface area contributed by atoms with Gasteiger partial charge in [-0.2, -0.15) is 11.8 Å². The number of hydrogen-bond acceptors (Lipinski definition) is 3. The predicted molar refractivity (Wildman–Crippen MR) is 108 cm³/mol. The molecule has 1 aliphatic heterocycles. The van der Waals surface area contributed by atoms with Gasteiger partial charge in [0, 0.05) is 36.8 Å². The Kier molecular flexibility index (Phi) is 6.63. The Balaban J connectivity index is 1.49. The van der Waals surface area contributed by atoms with E-state index in [1.807, 2.05) is 23.9 Å². The quantitative estimate of drug-likeness (QED) is 0.791. The maximum absolute atomic E-state index is 12.9. The summed E-state index contributed by atoms with van der Waals surface area (Å²) in [5.41, 5.74) is 2.64. The van der Waals surface area contributed by atoms with Crippen LogP contribution in [0.4, 0.5) is 20.6 Å². The molecular formula is C19H21ClFN3OS. The molecule has 26 heavy (non-hydrogen) atoms. The number of thioether (sulfide) groups is 1. The highest BCUT2D eigenvalue weighted by atomic mass is 35.5. The van der Waals surface area contributed by atoms with Crippen LogP contribution in [0, 0.1) is 5.82 Å². The zero-order valence-electron chi connectivity index (χ0n) is 14.3. The lowest BCUT2D eigenvalue weighted by Gasteiger charge is -2.29. The number of halogens is 2. The summed E-state index contributed by atoms with van der Waals surface area (Å²) in [5.74, 6) is 1.95. The van der Waals surface area contributed by atoms with Crippen molar-refractivity contribution < 1.29 is 9.18 Å². The van der Waals surface area contributed by atoms with Crippen LogP contribution in [0.3, 0.4) is 0 Å². The van der Waals surface area contributed by atoms with Gasteiger partial charge < -0.3 is 15.5 Å². The van der Waals surface area contributed by atoms with E-state index in [0.29, 0.717) is 23.7 Å². The van der Waals surface area contributed by atoms with Gasteiger partial charge in [0.1, 0.15) is 5.82 Å². The fourth-order valence-electron chi connectivity index (χ4n) is 2.79. The monoisotopic (exact) mass is 393 g/mol. The van der Waals surface area contributed by atoms with Gasteiger partial charge in [-0.25, -0.2) is 9.18 Å². The number of rotatable bonds is 5. The van der Waals surface area contributed by atoms with Crippen molar-refractivity contribution in [2.75, 3.05) is 41.4 Å². The number of carbonyl (C=O) groups is 1. The molecule has 2 aromatic carbocycles. The van der Waals surface area contributed by atoms with Gasteiger partial charge in [0.05, 0.1) is 10.7 Å². The van der Waals surface area contributed by atoms with Gasteiger partial charge in [0.2, 0.25) is 0 Å². The second-order valence-corrected chi connectivity index (χ2v) is 7.65. The normalized spacial score (nSPS) is 14.2. The van der Waals surface area contributed by atoms with Gasteiger partial charge in [0.25, 0.3) is 0 Å². The summed E-state index contributed by atoms with van der Waals surface area (Å²) in [6, 6.07) is 11.6. The number of carbonyl (C=O) groups excluding carboxylic acids is 1. The largest absolute Gasteiger partial charge is 0.369 e. The Hall–Kier alpha value is -1.92. The second-order valence-electron chi connectivity index (χ2n) is 6.02. The molecule has 0 saturated carbocycles. The van der Waals surface area contributed by atoms with Crippen molar-refractivity contribution in [1.29, 1.82) is 0 Å². The average molecular weight is 394 g/mol. The van der Waals surface area contributed by atoms with Crippen molar-refractivity contribution in [2.45, 2.75) is 6.42 Å². The van der Waals surface area contributed by atoms with Crippen LogP contribution in [0.5, 0.6) is 0 Å². The molecule has 1 aliphatic rings. The molecular weight excluding hydrogens is 373 g/mol. The third kappa shape index (κ3) is 5.29. The third-order valence-electron chi connectivity index (χ3n) is 4.17. The molecule has 0 aliphatic carbocycles. The predicted octanol–water partition coefficient (Wildman–Crippen LogP) is 4.40. The van der Waals surface area contributed by atoms with Crippen LogP contribution in [0.1, 0.15) is 5.56 Å². The summed E-state index contributed by atoms with van der Waals surface area (Å²) in [6.07, 6.45) is 0.639. The third-order valence-corrected chi connectivity index (χ3v) is 5.42. The summed E-state index contributed by atoms with van der Waals surface area (Å²) in [6.45, 7) is 2.44. The molecule has 4 nitrogen and oxygen atoms in total. The Morgan fingerprint density at radius 3 is 2.58 bits per heavy atom. The number of hydrogen-bond donors (Lipinski definition) is 2. The van der Waals surface area contributed by atoms with E-state index >= 15 is 0 Å². The smallest absolute Gasteiger partial charge is 0.319 e. The molecule has 2 amide bonds. The maximum Gasteiger partial charge on any atom is 0.319 e. The number of urea groups is 1. The highest BCUT2D eigenvalue weighted by molar-refractivity contribution is 7.99. The minimum Gasteiger partial charge on any atom is -0.369 e. The molecule has 3 rings (SSSR count). The Morgan fingerprint density at radius 2 is 1.88 bits per heavy atom. The van der Waals surface area contributed by atoms with Crippen molar-refractivity contribution in [3.63, 3.8) is 0 Å². The SMILES string of the molecule is O=C(NCCc1ccc(F)cc1)Nc1ccc(N2CCSCC2)c(Cl)c1. The van der Waals surface area contributed by atoms with E-state index in [4.69, 9.17) is 11.6 Å². The standard InChI is InChI=1S/C19H21ClFN3OS/c20-17-13-16(5-6-18(17)24-9-11-26-12-10-24)23-19(25)22-8-7-14-1-3-15(21)4-2-14/h1-6,13H,7-12H2,(H2,22,23,25). The van der Waals surface area contributed by atoms with Gasteiger partial charge in [-0.1, -0.05) is 23.7 Å². The molecule has 0 radical (unpaired) electrons. The molecule has 0 unspecified atom stereocenters. The van der Waals surface area contributed by atoms with Crippen LogP contribution in [0.2, 0.25) is 5.02 Å². The lowest BCUT2D eigenvalue weighted by molar-refractivity contribution is 0.252. The Bertz CT molecular complexity index is 751. The first-order valence-corrected chi connectivity index (χ1v) is 10.1. The van der Waals surface area contributed by atoms with Crippen molar-refractivity contribution in [1.82, 2.24) is 5.32 Å². The number of benzene rings is 2. The Morgan fingerprint density at radius 1 is 1.15 bits per heavy atom. The molecule has 7 heteroatoms. The number of anilines is 2. The van der Waals surface area contributed by atoms with Crippen molar-refractivity contribution in [2.24, 2.45) is 0 Å². The van der Waals surface area contributed by atoms with Crippen molar-refractivity contribution in [3.05, 3.63) is 58.9 Å². The number of nitrogens with zero attached hydrogens (tertiary/aromatic N) is 1. The molecule has 0 bridgehead atoms. The minimum absolute atomic E-state index is 0.261. The van der Waals surface area contributed by atoms with Crippen molar-refractivity contribution in [3.8, 4) is 0 Å². The highest BCUT2D eigenvalue weighted by Crippen LogP contribution is 2.30. The number of amides is 2. The van der Waals surface area contributed by atoms with Crippen LogP contribution < -0.4 is 15.5 Å². The molecule has 138 valence electrons. The first-order chi connectivity index (χ1) is 12.6. The van der Waals surface area contributed by atoms with Crippen LogP contribution in [0.15, 0.2) is 42.5 Å². The van der Waals surface area contributed by atoms with E-state index in [0.717, 1.165) is 35.8 Å². The maximum atomic E-state index is 12.9. The van der Waals surface area contributed by atoms with Crippen LogP contribution in [-0.4, -0.2) is 37.2 Å². The van der Waals surface area contributed by atoms with E-state index in [9.17, 15) is 9.18 Å². The average Bonchev–Trinajstić information content (AvgIpc) is 2.64. The van der Waals surface area contributed by atoms with E-state index in [1.54, 1.807) is 18.2 Å². The highest BCUT2D eigenvalue weighted by Gasteiger charge is 2.14. The van der Waals surface area contributed by atoms with Crippen LogP contribution in [0.25, 0.3) is 0 Å². The Labute approximate surface area is 162 Å².